The summed E-state index contributed by atoms with van der Waals surface area (Å²) < 4.78 is 5.39. The van der Waals surface area contributed by atoms with Crippen LogP contribution in [0.5, 0.6) is 5.88 Å². The van der Waals surface area contributed by atoms with Gasteiger partial charge < -0.3 is 16.2 Å². The Morgan fingerprint density at radius 3 is 2.81 bits per heavy atom. The normalized spacial score (nSPS) is 10.1. The first kappa shape index (κ1) is 12.3. The predicted molar refractivity (Wildman–Crippen MR) is 62.2 cm³/mol. The predicted octanol–water partition coefficient (Wildman–Crippen LogP) is 1.33. The van der Waals surface area contributed by atoms with Gasteiger partial charge in [-0.15, -0.1) is 0 Å². The molecule has 1 heterocycles. The van der Waals surface area contributed by atoms with Crippen molar-refractivity contribution in [3.63, 3.8) is 0 Å². The molecule has 1 aromatic rings. The number of hydrogen-bond acceptors (Lipinski definition) is 4. The van der Waals surface area contributed by atoms with E-state index in [0.29, 0.717) is 12.3 Å². The lowest BCUT2D eigenvalue weighted by atomic mass is 10.3. The van der Waals surface area contributed by atoms with Crippen molar-refractivity contribution in [2.45, 2.75) is 26.2 Å². The van der Waals surface area contributed by atoms with E-state index in [1.807, 2.05) is 0 Å². The summed E-state index contributed by atoms with van der Waals surface area (Å²) in [6.07, 6.45) is 3.15. The molecule has 5 nitrogen and oxygen atoms in total. The largest absolute Gasteiger partial charge is 0.476 e. The fourth-order valence-electron chi connectivity index (χ4n) is 1.22. The van der Waals surface area contributed by atoms with E-state index in [-0.39, 0.29) is 11.6 Å². The quantitative estimate of drug-likeness (QED) is 0.712. The van der Waals surface area contributed by atoms with Gasteiger partial charge in [0.15, 0.2) is 0 Å². The number of nitrogens with zero attached hydrogens (tertiary/aromatic N) is 1. The Balaban J connectivity index is 2.63. The SMILES string of the molecule is CCCCCOc1nc(C(N)=O)ccc1N. The van der Waals surface area contributed by atoms with Gasteiger partial charge in [0.1, 0.15) is 5.69 Å². The number of primary amides is 1. The maximum absolute atomic E-state index is 10.9. The number of nitrogens with two attached hydrogens (primary N) is 2. The van der Waals surface area contributed by atoms with Gasteiger partial charge in [-0.25, -0.2) is 4.98 Å². The summed E-state index contributed by atoms with van der Waals surface area (Å²) in [4.78, 5) is 14.9. The van der Waals surface area contributed by atoms with E-state index < -0.39 is 5.91 Å². The average Bonchev–Trinajstić information content (AvgIpc) is 2.26. The number of unbranched alkanes of at least 4 members (excludes halogenated alkanes) is 2. The summed E-state index contributed by atoms with van der Waals surface area (Å²) in [5, 5.41) is 0. The van der Waals surface area contributed by atoms with E-state index in [2.05, 4.69) is 11.9 Å². The van der Waals surface area contributed by atoms with E-state index in [1.54, 1.807) is 6.07 Å². The number of carbonyl (C=O) groups excluding carboxylic acids is 1. The summed E-state index contributed by atoms with van der Waals surface area (Å²) in [6, 6.07) is 3.05. The van der Waals surface area contributed by atoms with Gasteiger partial charge in [-0.2, -0.15) is 0 Å². The van der Waals surface area contributed by atoms with Crippen LogP contribution in [0.4, 0.5) is 5.69 Å². The monoisotopic (exact) mass is 223 g/mol. The minimum Gasteiger partial charge on any atom is -0.476 e. The van der Waals surface area contributed by atoms with E-state index >= 15 is 0 Å². The lowest BCUT2D eigenvalue weighted by Crippen LogP contribution is -2.14. The van der Waals surface area contributed by atoms with Crippen molar-refractivity contribution in [3.8, 4) is 5.88 Å². The first-order chi connectivity index (χ1) is 7.65. The second kappa shape index (κ2) is 5.95. The molecule has 0 saturated heterocycles. The Kier molecular flexibility index (Phi) is 4.57. The molecule has 0 aromatic carbocycles. The van der Waals surface area contributed by atoms with Gasteiger partial charge in [-0.05, 0) is 18.6 Å². The van der Waals surface area contributed by atoms with Crippen molar-refractivity contribution < 1.29 is 9.53 Å². The molecule has 0 atom stereocenters. The Morgan fingerprint density at radius 1 is 1.44 bits per heavy atom. The fourth-order valence-corrected chi connectivity index (χ4v) is 1.22. The number of anilines is 1. The van der Waals surface area contributed by atoms with Crippen LogP contribution in [0.15, 0.2) is 12.1 Å². The van der Waals surface area contributed by atoms with Gasteiger partial charge in [0.2, 0.25) is 5.88 Å². The maximum Gasteiger partial charge on any atom is 0.267 e. The lowest BCUT2D eigenvalue weighted by molar-refractivity contribution is 0.0994. The fraction of sp³-hybridized carbons (Fsp3) is 0.455. The molecule has 0 unspecified atom stereocenters. The first-order valence-corrected chi connectivity index (χ1v) is 5.34. The number of carbonyl (C=O) groups is 1. The molecule has 1 rings (SSSR count). The molecular formula is C11H17N3O2. The molecule has 0 aliphatic heterocycles. The lowest BCUT2D eigenvalue weighted by Gasteiger charge is -2.08. The van der Waals surface area contributed by atoms with Gasteiger partial charge in [-0.3, -0.25) is 4.79 Å². The Hall–Kier alpha value is -1.78. The van der Waals surface area contributed by atoms with Crippen LogP contribution in [-0.4, -0.2) is 17.5 Å². The van der Waals surface area contributed by atoms with Gasteiger partial charge in [-0.1, -0.05) is 19.8 Å². The molecule has 1 amide bonds. The summed E-state index contributed by atoms with van der Waals surface area (Å²) in [6.45, 7) is 2.66. The van der Waals surface area contributed by atoms with Crippen molar-refractivity contribution in [2.24, 2.45) is 5.73 Å². The Labute approximate surface area is 94.8 Å². The number of aromatic nitrogens is 1. The third kappa shape index (κ3) is 3.42. The molecule has 1 aromatic heterocycles. The summed E-state index contributed by atoms with van der Waals surface area (Å²) in [7, 11) is 0. The zero-order chi connectivity index (χ0) is 12.0. The molecule has 4 N–H and O–H groups in total. The number of amides is 1. The zero-order valence-electron chi connectivity index (χ0n) is 9.40. The third-order valence-corrected chi connectivity index (χ3v) is 2.13. The smallest absolute Gasteiger partial charge is 0.267 e. The molecule has 0 saturated carbocycles. The second-order valence-corrected chi connectivity index (χ2v) is 3.51. The molecule has 16 heavy (non-hydrogen) atoms. The summed E-state index contributed by atoms with van der Waals surface area (Å²) in [5.74, 6) is -0.300. The highest BCUT2D eigenvalue weighted by Crippen LogP contribution is 2.18. The standard InChI is InChI=1S/C11H17N3O2/c1-2-3-4-7-16-11-8(12)5-6-9(14-11)10(13)15/h5-6H,2-4,7,12H2,1H3,(H2,13,15). The number of nitrogen functional groups attached to an aromatic ring is 1. The highest BCUT2D eigenvalue weighted by molar-refractivity contribution is 5.91. The second-order valence-electron chi connectivity index (χ2n) is 3.51. The number of hydrogen-bond donors (Lipinski definition) is 2. The van der Waals surface area contributed by atoms with Crippen molar-refractivity contribution in [1.82, 2.24) is 4.98 Å². The van der Waals surface area contributed by atoms with Crippen molar-refractivity contribution >= 4 is 11.6 Å². The van der Waals surface area contributed by atoms with E-state index in [1.165, 1.54) is 6.07 Å². The minimum absolute atomic E-state index is 0.166. The van der Waals surface area contributed by atoms with E-state index in [4.69, 9.17) is 16.2 Å². The molecular weight excluding hydrogens is 206 g/mol. The van der Waals surface area contributed by atoms with Crippen LogP contribution in [0, 0.1) is 0 Å². The molecule has 0 radical (unpaired) electrons. The van der Waals surface area contributed by atoms with Crippen LogP contribution in [0.1, 0.15) is 36.7 Å². The topological polar surface area (TPSA) is 91.2 Å². The minimum atomic E-state index is -0.585. The number of pyridine rings is 1. The van der Waals surface area contributed by atoms with Crippen LogP contribution in [0.2, 0.25) is 0 Å². The van der Waals surface area contributed by atoms with Crippen molar-refractivity contribution in [3.05, 3.63) is 17.8 Å². The molecule has 0 aliphatic carbocycles. The Bertz CT molecular complexity index is 366. The molecule has 0 aliphatic rings. The van der Waals surface area contributed by atoms with Crippen LogP contribution in [0.3, 0.4) is 0 Å². The summed E-state index contributed by atoms with van der Waals surface area (Å²) >= 11 is 0. The van der Waals surface area contributed by atoms with Gasteiger partial charge in [0.25, 0.3) is 5.91 Å². The van der Waals surface area contributed by atoms with Crippen LogP contribution >= 0.6 is 0 Å². The third-order valence-electron chi connectivity index (χ3n) is 2.13. The van der Waals surface area contributed by atoms with Crippen molar-refractivity contribution in [2.75, 3.05) is 12.3 Å². The van der Waals surface area contributed by atoms with Crippen LogP contribution in [0.25, 0.3) is 0 Å². The number of rotatable bonds is 6. The molecule has 88 valence electrons. The van der Waals surface area contributed by atoms with Gasteiger partial charge >= 0.3 is 0 Å². The zero-order valence-corrected chi connectivity index (χ0v) is 9.40. The highest BCUT2D eigenvalue weighted by Gasteiger charge is 2.07. The van der Waals surface area contributed by atoms with Crippen molar-refractivity contribution in [1.29, 1.82) is 0 Å². The van der Waals surface area contributed by atoms with Gasteiger partial charge in [0, 0.05) is 0 Å². The van der Waals surface area contributed by atoms with Crippen LogP contribution in [-0.2, 0) is 0 Å². The molecule has 5 heteroatoms. The van der Waals surface area contributed by atoms with Gasteiger partial charge in [0.05, 0.1) is 12.3 Å². The van der Waals surface area contributed by atoms with E-state index in [0.717, 1.165) is 19.3 Å². The Morgan fingerprint density at radius 2 is 2.19 bits per heavy atom. The molecule has 0 fully saturated rings. The first-order valence-electron chi connectivity index (χ1n) is 5.34. The van der Waals surface area contributed by atoms with Crippen LogP contribution < -0.4 is 16.2 Å². The maximum atomic E-state index is 10.9. The highest BCUT2D eigenvalue weighted by atomic mass is 16.5. The number of ether oxygens (including phenoxy) is 1. The summed E-state index contributed by atoms with van der Waals surface area (Å²) in [5.41, 5.74) is 11.4. The average molecular weight is 223 g/mol. The molecule has 0 bridgehead atoms. The molecule has 0 spiro atoms. The van der Waals surface area contributed by atoms with E-state index in [9.17, 15) is 4.79 Å².